The van der Waals surface area contributed by atoms with Crippen molar-refractivity contribution >= 4 is 0 Å². The summed E-state index contributed by atoms with van der Waals surface area (Å²) < 4.78 is 4.94. The second-order valence-corrected chi connectivity index (χ2v) is 1.32. The molecule has 1 aliphatic rings. The zero-order chi connectivity index (χ0) is 3.54. The number of hydrogen-bond donors (Lipinski definition) is 0. The van der Waals surface area contributed by atoms with Crippen molar-refractivity contribution in [2.75, 3.05) is 13.2 Å². The van der Waals surface area contributed by atoms with E-state index in [-0.39, 0.29) is 17.1 Å². The summed E-state index contributed by atoms with van der Waals surface area (Å²) in [6.07, 6.45) is 2.56. The van der Waals surface area contributed by atoms with E-state index in [1.54, 1.807) is 0 Å². The first kappa shape index (κ1) is 6.48. The molecule has 0 atom stereocenters. The fourth-order valence-corrected chi connectivity index (χ4v) is 0.510. The predicted molar refractivity (Wildman–Crippen MR) is 20.1 cm³/mol. The van der Waals surface area contributed by atoms with Gasteiger partial charge in [0.25, 0.3) is 0 Å². The van der Waals surface area contributed by atoms with E-state index in [0.29, 0.717) is 0 Å². The van der Waals surface area contributed by atoms with E-state index >= 15 is 0 Å². The van der Waals surface area contributed by atoms with Crippen molar-refractivity contribution in [2.24, 2.45) is 0 Å². The summed E-state index contributed by atoms with van der Waals surface area (Å²) in [5.74, 6) is 0. The third kappa shape index (κ3) is 1.81. The van der Waals surface area contributed by atoms with E-state index < -0.39 is 0 Å². The Morgan fingerprint density at radius 3 is 1.67 bits per heavy atom. The molecule has 0 unspecified atom stereocenters. The SMILES string of the molecule is C1CCOC1.[Mn]. The minimum Gasteiger partial charge on any atom is -0.381 e. The summed E-state index contributed by atoms with van der Waals surface area (Å²) in [6.45, 7) is 2.00. The largest absolute Gasteiger partial charge is 0.381 e. The minimum absolute atomic E-state index is 0. The number of ether oxygens (including phenoxy) is 1. The molecule has 0 aromatic heterocycles. The van der Waals surface area contributed by atoms with Crippen molar-refractivity contribution in [3.8, 4) is 0 Å². The van der Waals surface area contributed by atoms with Crippen LogP contribution in [0.5, 0.6) is 0 Å². The molecule has 1 rings (SSSR count). The van der Waals surface area contributed by atoms with Gasteiger partial charge in [0.05, 0.1) is 0 Å². The van der Waals surface area contributed by atoms with Crippen LogP contribution in [0.4, 0.5) is 0 Å². The molecule has 1 aliphatic heterocycles. The van der Waals surface area contributed by atoms with Gasteiger partial charge in [0.2, 0.25) is 0 Å². The third-order valence-electron chi connectivity index (χ3n) is 0.827. The molecule has 37 valence electrons. The van der Waals surface area contributed by atoms with E-state index in [1.807, 2.05) is 0 Å². The van der Waals surface area contributed by atoms with Gasteiger partial charge in [0.15, 0.2) is 0 Å². The Kier molecular flexibility index (Phi) is 3.95. The first-order valence-electron chi connectivity index (χ1n) is 2.08. The molecule has 1 radical (unpaired) electrons. The van der Waals surface area contributed by atoms with Gasteiger partial charge in [0.1, 0.15) is 0 Å². The monoisotopic (exact) mass is 127 g/mol. The molecule has 1 nitrogen and oxygen atoms in total. The fourth-order valence-electron chi connectivity index (χ4n) is 0.510. The summed E-state index contributed by atoms with van der Waals surface area (Å²) in [4.78, 5) is 0. The number of hydrogen-bond acceptors (Lipinski definition) is 1. The average molecular weight is 127 g/mol. The molecule has 1 fully saturated rings. The van der Waals surface area contributed by atoms with Gasteiger partial charge < -0.3 is 4.74 Å². The van der Waals surface area contributed by atoms with Crippen molar-refractivity contribution < 1.29 is 21.8 Å². The smallest absolute Gasteiger partial charge is 0.0466 e. The van der Waals surface area contributed by atoms with Crippen molar-refractivity contribution in [1.82, 2.24) is 0 Å². The minimum atomic E-state index is 0. The van der Waals surface area contributed by atoms with Crippen LogP contribution in [0.15, 0.2) is 0 Å². The van der Waals surface area contributed by atoms with Crippen LogP contribution in [0.3, 0.4) is 0 Å². The van der Waals surface area contributed by atoms with E-state index in [1.165, 1.54) is 12.8 Å². The van der Waals surface area contributed by atoms with Crippen LogP contribution in [-0.2, 0) is 21.8 Å². The van der Waals surface area contributed by atoms with Gasteiger partial charge in [-0.05, 0) is 12.8 Å². The first-order chi connectivity index (χ1) is 2.50. The average Bonchev–Trinajstić information content (AvgIpc) is 1.76. The normalized spacial score (nSPS) is 20.0. The van der Waals surface area contributed by atoms with Gasteiger partial charge in [-0.25, -0.2) is 0 Å². The summed E-state index contributed by atoms with van der Waals surface area (Å²) in [5.41, 5.74) is 0. The van der Waals surface area contributed by atoms with Crippen LogP contribution >= 0.6 is 0 Å². The quantitative estimate of drug-likeness (QED) is 0.437. The van der Waals surface area contributed by atoms with Crippen LogP contribution in [-0.4, -0.2) is 13.2 Å². The van der Waals surface area contributed by atoms with Crippen LogP contribution in [0, 0.1) is 0 Å². The van der Waals surface area contributed by atoms with Gasteiger partial charge in [0, 0.05) is 30.3 Å². The summed E-state index contributed by atoms with van der Waals surface area (Å²) in [6, 6.07) is 0. The van der Waals surface area contributed by atoms with E-state index in [2.05, 4.69) is 0 Å². The zero-order valence-corrected chi connectivity index (χ0v) is 4.80. The second kappa shape index (κ2) is 3.66. The molecule has 0 N–H and O–H groups in total. The Labute approximate surface area is 48.5 Å². The molecule has 0 saturated carbocycles. The Balaban J connectivity index is 0.000000250. The topological polar surface area (TPSA) is 9.23 Å². The Bertz CT molecular complexity index is 19.1. The van der Waals surface area contributed by atoms with Crippen LogP contribution < -0.4 is 0 Å². The van der Waals surface area contributed by atoms with Gasteiger partial charge in [-0.2, -0.15) is 0 Å². The molecule has 0 aromatic carbocycles. The molecular formula is C4H8MnO. The van der Waals surface area contributed by atoms with E-state index in [4.69, 9.17) is 4.74 Å². The first-order valence-corrected chi connectivity index (χ1v) is 2.08. The summed E-state index contributed by atoms with van der Waals surface area (Å²) >= 11 is 0. The molecule has 6 heavy (non-hydrogen) atoms. The standard InChI is InChI=1S/C4H8O.Mn/c1-2-4-5-3-1;/h1-4H2;. The summed E-state index contributed by atoms with van der Waals surface area (Å²) in [7, 11) is 0. The van der Waals surface area contributed by atoms with E-state index in [0.717, 1.165) is 13.2 Å². The van der Waals surface area contributed by atoms with E-state index in [9.17, 15) is 0 Å². The molecule has 1 saturated heterocycles. The Morgan fingerprint density at radius 2 is 1.50 bits per heavy atom. The van der Waals surface area contributed by atoms with Crippen LogP contribution in [0.25, 0.3) is 0 Å². The maximum atomic E-state index is 4.94. The van der Waals surface area contributed by atoms with Gasteiger partial charge in [-0.3, -0.25) is 0 Å². The van der Waals surface area contributed by atoms with Crippen LogP contribution in [0.1, 0.15) is 12.8 Å². The van der Waals surface area contributed by atoms with Crippen molar-refractivity contribution in [1.29, 1.82) is 0 Å². The van der Waals surface area contributed by atoms with Crippen molar-refractivity contribution in [3.05, 3.63) is 0 Å². The van der Waals surface area contributed by atoms with Gasteiger partial charge in [-0.15, -0.1) is 0 Å². The molecule has 0 aliphatic carbocycles. The van der Waals surface area contributed by atoms with Gasteiger partial charge >= 0.3 is 0 Å². The maximum absolute atomic E-state index is 4.94. The third-order valence-corrected chi connectivity index (χ3v) is 0.827. The van der Waals surface area contributed by atoms with Crippen molar-refractivity contribution in [3.63, 3.8) is 0 Å². The molecule has 0 bridgehead atoms. The summed E-state index contributed by atoms with van der Waals surface area (Å²) in [5, 5.41) is 0. The maximum Gasteiger partial charge on any atom is 0.0466 e. The fraction of sp³-hybridized carbons (Fsp3) is 1.00. The Hall–Kier alpha value is 0.479. The zero-order valence-electron chi connectivity index (χ0n) is 3.61. The second-order valence-electron chi connectivity index (χ2n) is 1.32. The number of rotatable bonds is 0. The molecule has 1 heterocycles. The molecule has 0 spiro atoms. The molecule has 0 aromatic rings. The molecule has 2 heteroatoms. The Morgan fingerprint density at radius 1 is 1.00 bits per heavy atom. The van der Waals surface area contributed by atoms with Crippen LogP contribution in [0.2, 0.25) is 0 Å². The van der Waals surface area contributed by atoms with Crippen molar-refractivity contribution in [2.45, 2.75) is 12.8 Å². The van der Waals surface area contributed by atoms with Gasteiger partial charge in [-0.1, -0.05) is 0 Å². The predicted octanol–water partition coefficient (Wildman–Crippen LogP) is 0.794. The molecular weight excluding hydrogens is 119 g/mol. The molecule has 0 amide bonds.